The van der Waals surface area contributed by atoms with Crippen LogP contribution in [0.5, 0.6) is 0 Å². The van der Waals surface area contributed by atoms with E-state index >= 15 is 0 Å². The van der Waals surface area contributed by atoms with Crippen molar-refractivity contribution in [2.24, 2.45) is 5.73 Å². The van der Waals surface area contributed by atoms with Gasteiger partial charge in [-0.05, 0) is 109 Å². The Morgan fingerprint density at radius 1 is 0.307 bits per heavy atom. The van der Waals surface area contributed by atoms with Gasteiger partial charge in [-0.3, -0.25) is 18.6 Å². The fraction of sp³-hybridized carbons (Fsp3) is 0.758. The molecular formula is C91H162NO8P. The molecule has 0 spiro atoms. The largest absolute Gasteiger partial charge is 0.472 e. The van der Waals surface area contributed by atoms with Crippen molar-refractivity contribution in [1.82, 2.24) is 0 Å². The predicted octanol–water partition coefficient (Wildman–Crippen LogP) is 29.3. The number of carbonyl (C=O) groups excluding carboxylic acids is 2. The first-order chi connectivity index (χ1) is 49.8. The number of carbonyl (C=O) groups is 2. The molecule has 10 heteroatoms. The van der Waals surface area contributed by atoms with Crippen molar-refractivity contribution in [3.8, 4) is 0 Å². The summed E-state index contributed by atoms with van der Waals surface area (Å²) in [5.41, 5.74) is 5.42. The number of allylic oxidation sites excluding steroid dienone is 20. The predicted molar refractivity (Wildman–Crippen MR) is 441 cm³/mol. The van der Waals surface area contributed by atoms with Crippen LogP contribution in [0.25, 0.3) is 0 Å². The molecular weight excluding hydrogens is 1270 g/mol. The Kier molecular flexibility index (Phi) is 82.3. The molecule has 0 fully saturated rings. The van der Waals surface area contributed by atoms with Gasteiger partial charge in [0.1, 0.15) is 6.61 Å². The van der Waals surface area contributed by atoms with E-state index in [0.29, 0.717) is 6.42 Å². The van der Waals surface area contributed by atoms with Crippen LogP contribution < -0.4 is 5.73 Å². The third kappa shape index (κ3) is 85.2. The van der Waals surface area contributed by atoms with Gasteiger partial charge in [-0.1, -0.05) is 411 Å². The maximum atomic E-state index is 12.8. The number of ether oxygens (including phenoxy) is 2. The summed E-state index contributed by atoms with van der Waals surface area (Å²) < 4.78 is 33.3. The number of rotatable bonds is 81. The second kappa shape index (κ2) is 85.3. The minimum Gasteiger partial charge on any atom is -0.462 e. The summed E-state index contributed by atoms with van der Waals surface area (Å²) >= 11 is 0. The molecule has 2 atom stereocenters. The van der Waals surface area contributed by atoms with E-state index in [-0.39, 0.29) is 38.6 Å². The second-order valence-corrected chi connectivity index (χ2v) is 30.1. The topological polar surface area (TPSA) is 134 Å². The maximum absolute atomic E-state index is 12.8. The summed E-state index contributed by atoms with van der Waals surface area (Å²) in [6.45, 7) is 3.67. The van der Waals surface area contributed by atoms with Crippen molar-refractivity contribution in [2.45, 2.75) is 418 Å². The SMILES string of the molecule is CC/C=C\C/C=C\C/C=C\C/C=C\C/C=C\C/C=C\C/C=C\C/C=C\CCCCCCCCCCCCCCCCC(=O)OC(COC(=O)CCCCCCCCCCCCCCCCCCCCCCCCCCCCCCC/C=C\C/C=C\CCCCCCC)COP(=O)(O)OCCN. The normalized spacial score (nSPS) is 13.4. The molecule has 101 heavy (non-hydrogen) atoms. The van der Waals surface area contributed by atoms with Crippen LogP contribution in [0.3, 0.4) is 0 Å². The van der Waals surface area contributed by atoms with Crippen molar-refractivity contribution in [3.63, 3.8) is 0 Å². The number of hydrogen-bond donors (Lipinski definition) is 2. The Morgan fingerprint density at radius 3 is 0.812 bits per heavy atom. The molecule has 0 saturated carbocycles. The van der Waals surface area contributed by atoms with Gasteiger partial charge in [0.15, 0.2) is 6.10 Å². The van der Waals surface area contributed by atoms with E-state index in [1.807, 2.05) is 0 Å². The van der Waals surface area contributed by atoms with E-state index in [1.54, 1.807) is 0 Å². The third-order valence-electron chi connectivity index (χ3n) is 18.8. The summed E-state index contributed by atoms with van der Waals surface area (Å²) in [6.07, 6.45) is 121. The van der Waals surface area contributed by atoms with Gasteiger partial charge in [0.25, 0.3) is 0 Å². The van der Waals surface area contributed by atoms with Crippen LogP contribution in [-0.4, -0.2) is 49.3 Å². The van der Waals surface area contributed by atoms with E-state index in [4.69, 9.17) is 24.3 Å². The zero-order valence-electron chi connectivity index (χ0n) is 66.1. The van der Waals surface area contributed by atoms with Crippen LogP contribution >= 0.6 is 7.82 Å². The third-order valence-corrected chi connectivity index (χ3v) is 19.8. The fourth-order valence-electron chi connectivity index (χ4n) is 12.5. The number of phosphoric ester groups is 1. The van der Waals surface area contributed by atoms with Crippen LogP contribution in [0, 0.1) is 0 Å². The number of hydrogen-bond acceptors (Lipinski definition) is 8. The highest BCUT2D eigenvalue weighted by Gasteiger charge is 2.26. The molecule has 0 saturated heterocycles. The molecule has 0 amide bonds. The van der Waals surface area contributed by atoms with Crippen LogP contribution in [-0.2, 0) is 32.7 Å². The van der Waals surface area contributed by atoms with Gasteiger partial charge in [-0.2, -0.15) is 0 Å². The van der Waals surface area contributed by atoms with Gasteiger partial charge in [0.2, 0.25) is 0 Å². The lowest BCUT2D eigenvalue weighted by molar-refractivity contribution is -0.161. The van der Waals surface area contributed by atoms with Crippen molar-refractivity contribution in [1.29, 1.82) is 0 Å². The minimum absolute atomic E-state index is 0.0515. The molecule has 0 aromatic rings. The summed E-state index contributed by atoms with van der Waals surface area (Å²) in [6, 6.07) is 0. The molecule has 9 nitrogen and oxygen atoms in total. The minimum atomic E-state index is -4.40. The average molecular weight is 1430 g/mol. The summed E-state index contributed by atoms with van der Waals surface area (Å²) in [5.74, 6) is -0.813. The van der Waals surface area contributed by atoms with Gasteiger partial charge in [-0.15, -0.1) is 0 Å². The molecule has 3 N–H and O–H groups in total. The quantitative estimate of drug-likeness (QED) is 0.0264. The Bertz CT molecular complexity index is 2080. The lowest BCUT2D eigenvalue weighted by Gasteiger charge is -2.19. The lowest BCUT2D eigenvalue weighted by Crippen LogP contribution is -2.29. The molecule has 0 aliphatic carbocycles. The molecule has 584 valence electrons. The smallest absolute Gasteiger partial charge is 0.462 e. The van der Waals surface area contributed by atoms with Crippen LogP contribution in [0.1, 0.15) is 412 Å². The van der Waals surface area contributed by atoms with Gasteiger partial charge >= 0.3 is 19.8 Å². The van der Waals surface area contributed by atoms with Crippen molar-refractivity contribution in [2.75, 3.05) is 26.4 Å². The number of nitrogens with two attached hydrogens (primary N) is 1. The van der Waals surface area contributed by atoms with E-state index < -0.39 is 26.5 Å². The molecule has 0 radical (unpaired) electrons. The molecule has 0 aliphatic heterocycles. The van der Waals surface area contributed by atoms with Gasteiger partial charge in [0.05, 0.1) is 13.2 Å². The fourth-order valence-corrected chi connectivity index (χ4v) is 13.3. The highest BCUT2D eigenvalue weighted by Crippen LogP contribution is 2.43. The van der Waals surface area contributed by atoms with E-state index in [0.717, 1.165) is 96.3 Å². The second-order valence-electron chi connectivity index (χ2n) is 28.7. The average Bonchev–Trinajstić information content (AvgIpc) is 1.01. The Labute approximate surface area is 625 Å². The van der Waals surface area contributed by atoms with Crippen molar-refractivity contribution >= 4 is 19.8 Å². The molecule has 0 aliphatic rings. The van der Waals surface area contributed by atoms with E-state index in [1.165, 1.54) is 283 Å². The highest BCUT2D eigenvalue weighted by atomic mass is 31.2. The monoisotopic (exact) mass is 1430 g/mol. The first-order valence-corrected chi connectivity index (χ1v) is 44.5. The molecule has 0 aromatic carbocycles. The van der Waals surface area contributed by atoms with Crippen LogP contribution in [0.4, 0.5) is 0 Å². The molecule has 0 rings (SSSR count). The zero-order valence-corrected chi connectivity index (χ0v) is 67.0. The first-order valence-electron chi connectivity index (χ1n) is 43.0. The zero-order chi connectivity index (χ0) is 72.9. The number of phosphoric acid groups is 1. The molecule has 0 aromatic heterocycles. The molecule has 0 heterocycles. The van der Waals surface area contributed by atoms with Crippen LogP contribution in [0.2, 0.25) is 0 Å². The van der Waals surface area contributed by atoms with Gasteiger partial charge < -0.3 is 20.1 Å². The molecule has 0 bridgehead atoms. The maximum Gasteiger partial charge on any atom is 0.472 e. The lowest BCUT2D eigenvalue weighted by atomic mass is 10.0. The highest BCUT2D eigenvalue weighted by molar-refractivity contribution is 7.47. The summed E-state index contributed by atoms with van der Waals surface area (Å²) in [5, 5.41) is 0. The van der Waals surface area contributed by atoms with Gasteiger partial charge in [-0.25, -0.2) is 4.57 Å². The Morgan fingerprint density at radius 2 is 0.545 bits per heavy atom. The Balaban J connectivity index is 3.77. The van der Waals surface area contributed by atoms with Crippen molar-refractivity contribution < 1.29 is 37.6 Å². The Hall–Kier alpha value is -3.59. The first kappa shape index (κ1) is 97.4. The van der Waals surface area contributed by atoms with E-state index in [2.05, 4.69) is 135 Å². The summed E-state index contributed by atoms with van der Waals surface area (Å²) in [4.78, 5) is 35.5. The number of unbranched alkanes of at least 4 members (excludes halogenated alkanes) is 48. The standard InChI is InChI=1S/C91H162NO8P/c1-3-5-7-9-11-13-15-17-19-21-23-25-27-29-31-33-35-37-39-41-43-44-46-47-49-51-53-55-57-59-61-63-65-67-69-71-73-75-77-79-81-83-90(93)97-87-89(88-99-101(95,96)98-86-85-92)100-91(94)84-82-80-78-76-74-72-70-68-66-64-62-60-58-56-54-52-50-48-45-42-40-38-36-34-32-30-28-26-24-22-20-18-16-14-12-10-8-6-4-2/h6,8,12,14-15,17-18,20-21,23-24,26,30,32,36,38,42,45,50,52,89H,3-5,7,9-11,13,16,19,22,25,27-29,31,33-35,37,39-41,43-44,46-49,51,53-88,92H2,1-2H3,(H,95,96)/b8-6-,14-12-,17-15-,20-18-,23-21-,26-24-,32-30-,38-36-,45-42-,52-50-. The summed E-state index contributed by atoms with van der Waals surface area (Å²) in [7, 11) is -4.40. The van der Waals surface area contributed by atoms with Crippen LogP contribution in [0.15, 0.2) is 122 Å². The molecule has 2 unspecified atom stereocenters. The van der Waals surface area contributed by atoms with Crippen molar-refractivity contribution in [3.05, 3.63) is 122 Å². The van der Waals surface area contributed by atoms with Gasteiger partial charge in [0, 0.05) is 19.4 Å². The number of esters is 2. The van der Waals surface area contributed by atoms with E-state index in [9.17, 15) is 19.0 Å².